The minimum atomic E-state index is -0.353. The molecular formula is C32H29N3O. The summed E-state index contributed by atoms with van der Waals surface area (Å²) in [6.45, 7) is 6.39. The Morgan fingerprint density at radius 3 is 1.25 bits per heavy atom. The number of amidine groups is 2. The van der Waals surface area contributed by atoms with E-state index < -0.39 is 0 Å². The van der Waals surface area contributed by atoms with E-state index in [2.05, 4.69) is 37.9 Å². The minimum Gasteiger partial charge on any atom is -0.267 e. The maximum atomic E-state index is 13.1. The van der Waals surface area contributed by atoms with Crippen molar-refractivity contribution in [2.45, 2.75) is 20.8 Å². The van der Waals surface area contributed by atoms with Crippen LogP contribution in [0.2, 0.25) is 0 Å². The van der Waals surface area contributed by atoms with Gasteiger partial charge in [0.05, 0.1) is 5.71 Å². The van der Waals surface area contributed by atoms with Gasteiger partial charge in [-0.3, -0.25) is 4.79 Å². The number of rotatable bonds is 4. The molecule has 4 nitrogen and oxygen atoms in total. The first-order valence-electron chi connectivity index (χ1n) is 11.9. The van der Waals surface area contributed by atoms with Crippen LogP contribution in [0, 0.1) is 5.41 Å². The number of hydrogen-bond acceptors (Lipinski definition) is 1. The SMILES string of the molecule is CC(C)(C)C(=NC(=NC(=NC(=O)c1ccccc1)c1ccccc1)c1ccccc1)c1ccccc1. The monoisotopic (exact) mass is 471 g/mol. The van der Waals surface area contributed by atoms with Gasteiger partial charge in [-0.25, -0.2) is 9.98 Å². The molecule has 4 aromatic rings. The number of hydrogen-bond donors (Lipinski definition) is 0. The Hall–Kier alpha value is -4.44. The number of amides is 1. The molecule has 0 bridgehead atoms. The van der Waals surface area contributed by atoms with Gasteiger partial charge in [0.15, 0.2) is 11.7 Å². The average Bonchev–Trinajstić information content (AvgIpc) is 2.91. The molecule has 0 spiro atoms. The molecule has 4 heteroatoms. The molecule has 4 rings (SSSR count). The Bertz CT molecular complexity index is 1380. The quantitative estimate of drug-likeness (QED) is 0.228. The van der Waals surface area contributed by atoms with Gasteiger partial charge in [-0.2, -0.15) is 4.99 Å². The molecule has 0 aliphatic heterocycles. The van der Waals surface area contributed by atoms with Gasteiger partial charge in [-0.05, 0) is 17.7 Å². The van der Waals surface area contributed by atoms with Crippen LogP contribution >= 0.6 is 0 Å². The second-order valence-corrected chi connectivity index (χ2v) is 9.35. The molecule has 1 amide bonds. The highest BCUT2D eigenvalue weighted by atomic mass is 16.1. The van der Waals surface area contributed by atoms with Crippen molar-refractivity contribution in [3.63, 3.8) is 0 Å². The summed E-state index contributed by atoms with van der Waals surface area (Å²) < 4.78 is 0. The van der Waals surface area contributed by atoms with Crippen LogP contribution in [0.25, 0.3) is 0 Å². The van der Waals surface area contributed by atoms with Crippen LogP contribution in [0.1, 0.15) is 47.8 Å². The normalized spacial score (nSPS) is 12.9. The second kappa shape index (κ2) is 11.3. The third-order valence-corrected chi connectivity index (χ3v) is 5.48. The van der Waals surface area contributed by atoms with Gasteiger partial charge in [0.1, 0.15) is 0 Å². The first-order valence-corrected chi connectivity index (χ1v) is 11.9. The van der Waals surface area contributed by atoms with Crippen LogP contribution in [0.5, 0.6) is 0 Å². The fraction of sp³-hybridized carbons (Fsp3) is 0.125. The lowest BCUT2D eigenvalue weighted by atomic mass is 9.85. The van der Waals surface area contributed by atoms with Crippen LogP contribution in [-0.2, 0) is 0 Å². The zero-order valence-corrected chi connectivity index (χ0v) is 20.8. The number of carbonyl (C=O) groups is 1. The van der Waals surface area contributed by atoms with Crippen LogP contribution in [-0.4, -0.2) is 23.3 Å². The van der Waals surface area contributed by atoms with Gasteiger partial charge >= 0.3 is 0 Å². The molecule has 36 heavy (non-hydrogen) atoms. The summed E-state index contributed by atoms with van der Waals surface area (Å²) in [5, 5.41) is 0. The number of nitrogens with zero attached hydrogens (tertiary/aromatic N) is 3. The molecule has 0 fully saturated rings. The van der Waals surface area contributed by atoms with Crippen LogP contribution < -0.4 is 0 Å². The van der Waals surface area contributed by atoms with Crippen LogP contribution in [0.4, 0.5) is 0 Å². The van der Waals surface area contributed by atoms with Crippen molar-refractivity contribution < 1.29 is 4.79 Å². The van der Waals surface area contributed by atoms with E-state index in [1.807, 2.05) is 97.1 Å². The standard InChI is InChI=1S/C32H29N3O/c1-32(2,3)28(24-16-8-4-9-17-24)33-29(25-18-10-5-11-19-25)34-30(26-20-12-6-13-21-26)35-31(36)27-22-14-7-15-23-27/h4-23H,1-3H3. The zero-order chi connectivity index (χ0) is 25.4. The Balaban J connectivity index is 1.93. The summed E-state index contributed by atoms with van der Waals surface area (Å²) >= 11 is 0. The highest BCUT2D eigenvalue weighted by Gasteiger charge is 2.22. The third kappa shape index (κ3) is 6.36. The summed E-state index contributed by atoms with van der Waals surface area (Å²) in [6, 6.07) is 38.5. The number of carbonyl (C=O) groups excluding carboxylic acids is 1. The van der Waals surface area contributed by atoms with Crippen molar-refractivity contribution >= 4 is 23.3 Å². The molecule has 0 aliphatic carbocycles. The highest BCUT2D eigenvalue weighted by Crippen LogP contribution is 2.23. The fourth-order valence-corrected chi connectivity index (χ4v) is 3.69. The highest BCUT2D eigenvalue weighted by molar-refractivity contribution is 6.20. The van der Waals surface area contributed by atoms with Gasteiger partial charge in [0.25, 0.3) is 5.91 Å². The third-order valence-electron chi connectivity index (χ3n) is 5.48. The Labute approximate surface area is 212 Å². The van der Waals surface area contributed by atoms with E-state index in [4.69, 9.17) is 9.98 Å². The predicted molar refractivity (Wildman–Crippen MR) is 149 cm³/mol. The van der Waals surface area contributed by atoms with E-state index in [1.165, 1.54) is 0 Å². The van der Waals surface area contributed by atoms with Gasteiger partial charge in [-0.15, -0.1) is 0 Å². The first kappa shape index (κ1) is 24.7. The summed E-state index contributed by atoms with van der Waals surface area (Å²) in [5.41, 5.74) is 3.75. The molecule has 0 saturated heterocycles. The Kier molecular flexibility index (Phi) is 7.76. The molecule has 0 N–H and O–H groups in total. The number of aliphatic imine (C=N–C) groups is 3. The van der Waals surface area contributed by atoms with Gasteiger partial charge < -0.3 is 0 Å². The summed E-state index contributed by atoms with van der Waals surface area (Å²) in [6.07, 6.45) is 0. The minimum absolute atomic E-state index is 0.249. The first-order chi connectivity index (χ1) is 17.4. The van der Waals surface area contributed by atoms with Crippen molar-refractivity contribution in [1.29, 1.82) is 0 Å². The second-order valence-electron chi connectivity index (χ2n) is 9.35. The van der Waals surface area contributed by atoms with Gasteiger partial charge in [-0.1, -0.05) is 130 Å². The molecule has 0 saturated carbocycles. The largest absolute Gasteiger partial charge is 0.279 e. The maximum Gasteiger partial charge on any atom is 0.279 e. The average molecular weight is 472 g/mol. The van der Waals surface area contributed by atoms with Crippen LogP contribution in [0.3, 0.4) is 0 Å². The Morgan fingerprint density at radius 2 is 0.833 bits per heavy atom. The van der Waals surface area contributed by atoms with Crippen molar-refractivity contribution in [2.24, 2.45) is 20.4 Å². The Morgan fingerprint density at radius 1 is 0.472 bits per heavy atom. The van der Waals surface area contributed by atoms with E-state index in [9.17, 15) is 4.79 Å². The number of benzene rings is 4. The lowest BCUT2D eigenvalue weighted by Crippen LogP contribution is -2.23. The molecular weight excluding hydrogens is 442 g/mol. The maximum absolute atomic E-state index is 13.1. The molecule has 178 valence electrons. The van der Waals surface area contributed by atoms with Crippen molar-refractivity contribution in [3.05, 3.63) is 144 Å². The smallest absolute Gasteiger partial charge is 0.267 e. The topological polar surface area (TPSA) is 54.1 Å². The van der Waals surface area contributed by atoms with Crippen molar-refractivity contribution in [2.75, 3.05) is 0 Å². The molecule has 4 aromatic carbocycles. The lowest BCUT2D eigenvalue weighted by Gasteiger charge is -2.22. The molecule has 0 aromatic heterocycles. The summed E-state index contributed by atoms with van der Waals surface area (Å²) in [7, 11) is 0. The fourth-order valence-electron chi connectivity index (χ4n) is 3.69. The van der Waals surface area contributed by atoms with E-state index >= 15 is 0 Å². The van der Waals surface area contributed by atoms with Gasteiger partial charge in [0, 0.05) is 22.1 Å². The molecule has 0 aliphatic rings. The predicted octanol–water partition coefficient (Wildman–Crippen LogP) is 7.26. The van der Waals surface area contributed by atoms with Gasteiger partial charge in [0.2, 0.25) is 0 Å². The molecule has 0 unspecified atom stereocenters. The van der Waals surface area contributed by atoms with E-state index in [0.29, 0.717) is 17.2 Å². The molecule has 0 heterocycles. The zero-order valence-electron chi connectivity index (χ0n) is 20.8. The van der Waals surface area contributed by atoms with E-state index in [1.54, 1.807) is 12.1 Å². The lowest BCUT2D eigenvalue weighted by molar-refractivity contribution is 0.100. The molecule has 0 radical (unpaired) electrons. The van der Waals surface area contributed by atoms with E-state index in [-0.39, 0.29) is 11.3 Å². The van der Waals surface area contributed by atoms with Crippen molar-refractivity contribution in [3.8, 4) is 0 Å². The van der Waals surface area contributed by atoms with Crippen LogP contribution in [0.15, 0.2) is 136 Å². The summed E-state index contributed by atoms with van der Waals surface area (Å²) in [4.78, 5) is 27.5. The molecule has 0 atom stereocenters. The van der Waals surface area contributed by atoms with E-state index in [0.717, 1.165) is 22.4 Å². The summed E-state index contributed by atoms with van der Waals surface area (Å²) in [5.74, 6) is 0.454. The van der Waals surface area contributed by atoms with Crippen molar-refractivity contribution in [1.82, 2.24) is 0 Å².